The van der Waals surface area contributed by atoms with Crippen molar-refractivity contribution in [2.24, 2.45) is 0 Å². The Morgan fingerprint density at radius 1 is 1.06 bits per heavy atom. The number of halogens is 4. The number of nitrogens with zero attached hydrogens (tertiary/aromatic N) is 8. The summed E-state index contributed by atoms with van der Waals surface area (Å²) in [5, 5.41) is 8.36. The summed E-state index contributed by atoms with van der Waals surface area (Å²) < 4.78 is 56.3. The zero-order valence-corrected chi connectivity index (χ0v) is 18.3. The van der Waals surface area contributed by atoms with E-state index in [-0.39, 0.29) is 18.3 Å². The molecule has 4 heterocycles. The molecule has 0 N–H and O–H groups in total. The van der Waals surface area contributed by atoms with E-state index in [1.807, 2.05) is 6.92 Å². The first-order chi connectivity index (χ1) is 16.3. The first-order valence-electron chi connectivity index (χ1n) is 10.7. The number of anilines is 1. The van der Waals surface area contributed by atoms with Gasteiger partial charge in [-0.15, -0.1) is 10.2 Å². The third-order valence-corrected chi connectivity index (χ3v) is 5.76. The third-order valence-electron chi connectivity index (χ3n) is 5.76. The lowest BCUT2D eigenvalue weighted by Crippen LogP contribution is -2.38. The zero-order valence-electron chi connectivity index (χ0n) is 18.3. The number of rotatable bonds is 5. The number of aromatic nitrogens is 7. The summed E-state index contributed by atoms with van der Waals surface area (Å²) in [4.78, 5) is 15.1. The minimum absolute atomic E-state index is 0.233. The lowest BCUT2D eigenvalue weighted by atomic mass is 10.1. The molecule has 0 amide bonds. The van der Waals surface area contributed by atoms with Gasteiger partial charge in [0.2, 0.25) is 5.95 Å². The summed E-state index contributed by atoms with van der Waals surface area (Å²) in [5.41, 5.74) is 1.15. The highest BCUT2D eigenvalue weighted by atomic mass is 19.4. The molecule has 0 bridgehead atoms. The van der Waals surface area contributed by atoms with Crippen molar-refractivity contribution < 1.29 is 17.6 Å². The van der Waals surface area contributed by atoms with E-state index in [9.17, 15) is 17.6 Å². The van der Waals surface area contributed by atoms with Crippen LogP contribution in [0.2, 0.25) is 0 Å². The van der Waals surface area contributed by atoms with Crippen molar-refractivity contribution in [2.75, 3.05) is 11.4 Å². The number of hydrogen-bond donors (Lipinski definition) is 0. The van der Waals surface area contributed by atoms with Crippen LogP contribution < -0.4 is 4.90 Å². The van der Waals surface area contributed by atoms with Crippen molar-refractivity contribution in [3.05, 3.63) is 60.3 Å². The van der Waals surface area contributed by atoms with E-state index in [1.165, 1.54) is 12.1 Å². The summed E-state index contributed by atoms with van der Waals surface area (Å²) in [6.07, 6.45) is -0.0499. The number of aryl methyl sites for hydroxylation is 1. The quantitative estimate of drug-likeness (QED) is 0.396. The average Bonchev–Trinajstić information content (AvgIpc) is 3.44. The largest absolute Gasteiger partial charge is 0.390 e. The van der Waals surface area contributed by atoms with E-state index < -0.39 is 18.6 Å². The number of fused-ring (bicyclic) bond motifs is 3. The Bertz CT molecular complexity index is 1330. The van der Waals surface area contributed by atoms with E-state index in [0.29, 0.717) is 41.0 Å². The maximum absolute atomic E-state index is 13.4. The zero-order chi connectivity index (χ0) is 24.0. The minimum atomic E-state index is -4.32. The van der Waals surface area contributed by atoms with Crippen LogP contribution in [0.15, 0.2) is 42.9 Å². The van der Waals surface area contributed by atoms with Crippen molar-refractivity contribution in [2.45, 2.75) is 38.9 Å². The van der Waals surface area contributed by atoms with Gasteiger partial charge in [0, 0.05) is 24.5 Å². The van der Waals surface area contributed by atoms with Gasteiger partial charge in [-0.2, -0.15) is 18.2 Å². The van der Waals surface area contributed by atoms with Crippen molar-refractivity contribution in [3.63, 3.8) is 0 Å². The van der Waals surface area contributed by atoms with Gasteiger partial charge >= 0.3 is 6.18 Å². The summed E-state index contributed by atoms with van der Waals surface area (Å²) in [6.45, 7) is 3.37. The molecule has 0 spiro atoms. The van der Waals surface area contributed by atoms with Crippen molar-refractivity contribution in [1.82, 2.24) is 34.3 Å². The molecule has 0 saturated heterocycles. The Hall–Kier alpha value is -3.83. The van der Waals surface area contributed by atoms with Crippen LogP contribution >= 0.6 is 0 Å². The molecule has 1 atom stereocenters. The molecule has 12 heteroatoms. The first-order valence-corrected chi connectivity index (χ1v) is 10.7. The van der Waals surface area contributed by atoms with Gasteiger partial charge in [-0.25, -0.2) is 14.4 Å². The fourth-order valence-corrected chi connectivity index (χ4v) is 4.21. The molecule has 5 rings (SSSR count). The second-order valence-corrected chi connectivity index (χ2v) is 7.93. The first kappa shape index (κ1) is 22.0. The Morgan fingerprint density at radius 3 is 2.53 bits per heavy atom. The number of alkyl halides is 3. The van der Waals surface area contributed by atoms with Gasteiger partial charge in [0.15, 0.2) is 11.6 Å². The minimum Gasteiger partial charge on any atom is -0.344 e. The predicted molar refractivity (Wildman–Crippen MR) is 115 cm³/mol. The maximum atomic E-state index is 13.4. The molecule has 3 aromatic heterocycles. The van der Waals surface area contributed by atoms with Crippen LogP contribution in [0.25, 0.3) is 23.0 Å². The molecule has 0 radical (unpaired) electrons. The summed E-state index contributed by atoms with van der Waals surface area (Å²) in [5.74, 6) is 1.84. The fraction of sp³-hybridized carbons (Fsp3) is 0.318. The molecular formula is C22H20F4N8. The van der Waals surface area contributed by atoms with E-state index in [4.69, 9.17) is 0 Å². The third kappa shape index (κ3) is 3.78. The van der Waals surface area contributed by atoms with Crippen LogP contribution in [0.5, 0.6) is 0 Å². The molecule has 0 aliphatic carbocycles. The molecule has 176 valence electrons. The van der Waals surface area contributed by atoms with Gasteiger partial charge in [-0.05, 0) is 37.6 Å². The molecule has 4 aromatic rings. The van der Waals surface area contributed by atoms with Gasteiger partial charge in [0.1, 0.15) is 23.2 Å². The molecule has 8 nitrogen and oxygen atoms in total. The van der Waals surface area contributed by atoms with Crippen molar-refractivity contribution in [3.8, 4) is 23.0 Å². The van der Waals surface area contributed by atoms with Crippen LogP contribution in [0.4, 0.5) is 23.4 Å². The van der Waals surface area contributed by atoms with Gasteiger partial charge in [-0.3, -0.25) is 9.13 Å². The normalized spacial score (nSPS) is 15.4. The standard InChI is InChI=1S/C22H20F4N8/c1-3-16-20-31-30-13(2)34(20)17-12-28-21(29-19(17)32(16)10-8-22(24,25)26)33-11-9-27-18(33)14-4-6-15(23)7-5-14/h4-7,9,11-12,16H,3,8,10H2,1-2H3/t16-/m1/s1. The SMILES string of the molecule is CC[C@@H]1c2nnc(C)n2-c2cnc(-n3ccnc3-c3ccc(F)cc3)nc2N1CCC(F)(F)F. The van der Waals surface area contributed by atoms with Gasteiger partial charge < -0.3 is 4.90 Å². The van der Waals surface area contributed by atoms with Gasteiger partial charge in [0.25, 0.3) is 0 Å². The number of imidazole rings is 1. The average molecular weight is 472 g/mol. The fourth-order valence-electron chi connectivity index (χ4n) is 4.21. The Labute approximate surface area is 191 Å². The highest BCUT2D eigenvalue weighted by molar-refractivity contribution is 5.63. The Morgan fingerprint density at radius 2 is 1.82 bits per heavy atom. The molecule has 0 saturated carbocycles. The van der Waals surface area contributed by atoms with Crippen LogP contribution in [-0.4, -0.2) is 47.0 Å². The van der Waals surface area contributed by atoms with Crippen LogP contribution in [-0.2, 0) is 0 Å². The topological polar surface area (TPSA) is 77.5 Å². The highest BCUT2D eigenvalue weighted by Crippen LogP contribution is 2.40. The van der Waals surface area contributed by atoms with Gasteiger partial charge in [-0.1, -0.05) is 6.92 Å². The lowest BCUT2D eigenvalue weighted by molar-refractivity contribution is -0.132. The molecule has 1 aliphatic rings. The van der Waals surface area contributed by atoms with Crippen LogP contribution in [0, 0.1) is 12.7 Å². The molecular weight excluding hydrogens is 452 g/mol. The van der Waals surface area contributed by atoms with E-state index in [2.05, 4.69) is 25.1 Å². The number of benzene rings is 1. The van der Waals surface area contributed by atoms with Crippen molar-refractivity contribution in [1.29, 1.82) is 0 Å². The van der Waals surface area contributed by atoms with Crippen LogP contribution in [0.1, 0.15) is 37.5 Å². The summed E-state index contributed by atoms with van der Waals surface area (Å²) in [6, 6.07) is 5.38. The van der Waals surface area contributed by atoms with Crippen molar-refractivity contribution >= 4 is 5.82 Å². The second kappa shape index (κ2) is 8.19. The van der Waals surface area contributed by atoms with E-state index in [0.717, 1.165) is 0 Å². The second-order valence-electron chi connectivity index (χ2n) is 7.93. The maximum Gasteiger partial charge on any atom is 0.390 e. The Balaban J connectivity index is 1.64. The number of hydrogen-bond acceptors (Lipinski definition) is 6. The van der Waals surface area contributed by atoms with E-state index >= 15 is 0 Å². The summed E-state index contributed by atoms with van der Waals surface area (Å²) in [7, 11) is 0. The molecule has 1 aromatic carbocycles. The Kier molecular flexibility index (Phi) is 5.29. The van der Waals surface area contributed by atoms with Crippen LogP contribution in [0.3, 0.4) is 0 Å². The molecule has 1 aliphatic heterocycles. The molecule has 34 heavy (non-hydrogen) atoms. The molecule has 0 fully saturated rings. The summed E-state index contributed by atoms with van der Waals surface area (Å²) >= 11 is 0. The lowest BCUT2D eigenvalue weighted by Gasteiger charge is -2.37. The van der Waals surface area contributed by atoms with Gasteiger partial charge in [0.05, 0.1) is 18.7 Å². The molecule has 0 unspecified atom stereocenters. The predicted octanol–water partition coefficient (Wildman–Crippen LogP) is 4.58. The monoisotopic (exact) mass is 472 g/mol. The highest BCUT2D eigenvalue weighted by Gasteiger charge is 2.37. The van der Waals surface area contributed by atoms with E-state index in [1.54, 1.807) is 51.7 Å². The smallest absolute Gasteiger partial charge is 0.344 e.